The van der Waals surface area contributed by atoms with Crippen LogP contribution in [-0.4, -0.2) is 72.4 Å². The number of urea groups is 1. The summed E-state index contributed by atoms with van der Waals surface area (Å²) in [6, 6.07) is 10.6. The van der Waals surface area contributed by atoms with Crippen molar-refractivity contribution >= 4 is 17.7 Å². The van der Waals surface area contributed by atoms with E-state index in [1.807, 2.05) is 7.05 Å². The van der Waals surface area contributed by atoms with Gasteiger partial charge in [-0.3, -0.25) is 9.80 Å². The summed E-state index contributed by atoms with van der Waals surface area (Å²) >= 11 is 0. The number of nitrogens with one attached hydrogen (secondary N) is 1. The van der Waals surface area contributed by atoms with Crippen LogP contribution < -0.4 is 15.1 Å². The number of aliphatic hydroxyl groups excluding tert-OH is 1. The van der Waals surface area contributed by atoms with E-state index in [-0.39, 0.29) is 23.7 Å². The molecule has 2 aliphatic rings. The van der Waals surface area contributed by atoms with Gasteiger partial charge in [0.1, 0.15) is 0 Å². The zero-order valence-electron chi connectivity index (χ0n) is 18.6. The van der Waals surface area contributed by atoms with Gasteiger partial charge in [-0.15, -0.1) is 0 Å². The number of aliphatic hydroxyl groups is 1. The maximum Gasteiger partial charge on any atom is 0.322 e. The SMILES string of the molecule is CN(CCO)c1ncc(N2CC3(CCC(c4ccccc4)(N(C)C)CC3)NC2=O)cn1. The lowest BCUT2D eigenvalue weighted by molar-refractivity contribution is 0.0658. The molecule has 1 aromatic heterocycles. The molecule has 1 spiro atoms. The average molecular weight is 425 g/mol. The number of amides is 2. The lowest BCUT2D eigenvalue weighted by atomic mass is 9.69. The van der Waals surface area contributed by atoms with Crippen LogP contribution in [0.3, 0.4) is 0 Å². The Balaban J connectivity index is 1.48. The predicted molar refractivity (Wildman–Crippen MR) is 121 cm³/mol. The fourth-order valence-electron chi connectivity index (χ4n) is 4.99. The van der Waals surface area contributed by atoms with Gasteiger partial charge >= 0.3 is 6.03 Å². The molecule has 2 N–H and O–H groups in total. The third kappa shape index (κ3) is 3.97. The van der Waals surface area contributed by atoms with Gasteiger partial charge in [-0.05, 0) is 45.3 Å². The number of anilines is 2. The normalized spacial score (nSPS) is 25.8. The maximum absolute atomic E-state index is 12.8. The number of rotatable bonds is 6. The number of nitrogens with zero attached hydrogens (tertiary/aromatic N) is 5. The third-order valence-corrected chi connectivity index (χ3v) is 6.99. The summed E-state index contributed by atoms with van der Waals surface area (Å²) in [6.45, 7) is 1.12. The van der Waals surface area contributed by atoms with Crippen molar-refractivity contribution < 1.29 is 9.90 Å². The fraction of sp³-hybridized carbons (Fsp3) is 0.522. The minimum Gasteiger partial charge on any atom is -0.395 e. The highest BCUT2D eigenvalue weighted by molar-refractivity contribution is 5.95. The molecule has 31 heavy (non-hydrogen) atoms. The van der Waals surface area contributed by atoms with Crippen molar-refractivity contribution in [3.05, 3.63) is 48.3 Å². The van der Waals surface area contributed by atoms with Crippen LogP contribution in [0.4, 0.5) is 16.4 Å². The first-order valence-electron chi connectivity index (χ1n) is 10.9. The first kappa shape index (κ1) is 21.5. The second-order valence-electron chi connectivity index (χ2n) is 8.98. The maximum atomic E-state index is 12.8. The highest BCUT2D eigenvalue weighted by Gasteiger charge is 2.50. The highest BCUT2D eigenvalue weighted by atomic mass is 16.3. The summed E-state index contributed by atoms with van der Waals surface area (Å²) in [5, 5.41) is 12.4. The van der Waals surface area contributed by atoms with Crippen molar-refractivity contribution in [1.29, 1.82) is 0 Å². The minimum atomic E-state index is -0.224. The number of carbonyl (C=O) groups excluding carboxylic acids is 1. The summed E-state index contributed by atoms with van der Waals surface area (Å²) in [6.07, 6.45) is 7.18. The molecule has 8 nitrogen and oxygen atoms in total. The molecule has 8 heteroatoms. The van der Waals surface area contributed by atoms with E-state index in [1.54, 1.807) is 22.2 Å². The molecule has 1 saturated heterocycles. The van der Waals surface area contributed by atoms with E-state index >= 15 is 0 Å². The Bertz CT molecular complexity index is 894. The molecule has 1 saturated carbocycles. The Hall–Kier alpha value is -2.71. The van der Waals surface area contributed by atoms with Crippen LogP contribution in [0.15, 0.2) is 42.7 Å². The van der Waals surface area contributed by atoms with E-state index in [2.05, 4.69) is 64.6 Å². The second-order valence-corrected chi connectivity index (χ2v) is 8.98. The Morgan fingerprint density at radius 1 is 1.06 bits per heavy atom. The molecule has 0 unspecified atom stereocenters. The van der Waals surface area contributed by atoms with Crippen LogP contribution in [0.1, 0.15) is 31.2 Å². The van der Waals surface area contributed by atoms with E-state index in [9.17, 15) is 4.79 Å². The monoisotopic (exact) mass is 424 g/mol. The Labute approximate surface area is 183 Å². The molecule has 1 aliphatic carbocycles. The van der Waals surface area contributed by atoms with Crippen molar-refractivity contribution in [2.75, 3.05) is 50.6 Å². The largest absolute Gasteiger partial charge is 0.395 e. The third-order valence-electron chi connectivity index (χ3n) is 6.99. The van der Waals surface area contributed by atoms with Gasteiger partial charge in [0.05, 0.1) is 36.8 Å². The lowest BCUT2D eigenvalue weighted by Crippen LogP contribution is -2.54. The van der Waals surface area contributed by atoms with Gasteiger partial charge in [-0.25, -0.2) is 14.8 Å². The molecule has 2 heterocycles. The van der Waals surface area contributed by atoms with Crippen molar-refractivity contribution in [3.8, 4) is 0 Å². The average Bonchev–Trinajstić information content (AvgIpc) is 3.11. The highest BCUT2D eigenvalue weighted by Crippen LogP contribution is 2.46. The molecular formula is C23H32N6O2. The Morgan fingerprint density at radius 3 is 2.29 bits per heavy atom. The van der Waals surface area contributed by atoms with E-state index in [1.165, 1.54) is 5.56 Å². The van der Waals surface area contributed by atoms with Crippen LogP contribution in [-0.2, 0) is 5.54 Å². The van der Waals surface area contributed by atoms with Gasteiger partial charge in [0, 0.05) is 19.1 Å². The van der Waals surface area contributed by atoms with E-state index in [0.29, 0.717) is 24.7 Å². The number of aromatic nitrogens is 2. The summed E-state index contributed by atoms with van der Waals surface area (Å²) in [4.78, 5) is 27.4. The van der Waals surface area contributed by atoms with Crippen LogP contribution in [0.5, 0.6) is 0 Å². The summed E-state index contributed by atoms with van der Waals surface area (Å²) in [7, 11) is 6.13. The van der Waals surface area contributed by atoms with Gasteiger partial charge in [-0.2, -0.15) is 0 Å². The number of hydrogen-bond donors (Lipinski definition) is 2. The topological polar surface area (TPSA) is 84.8 Å². The summed E-state index contributed by atoms with van der Waals surface area (Å²) < 4.78 is 0. The molecule has 166 valence electrons. The van der Waals surface area contributed by atoms with Crippen LogP contribution in [0.25, 0.3) is 0 Å². The molecule has 4 rings (SSSR count). The second kappa shape index (κ2) is 8.43. The molecule has 0 radical (unpaired) electrons. The van der Waals surface area contributed by atoms with Crippen molar-refractivity contribution in [2.45, 2.75) is 36.8 Å². The van der Waals surface area contributed by atoms with E-state index in [4.69, 9.17) is 5.11 Å². The quantitative estimate of drug-likeness (QED) is 0.740. The molecule has 0 atom stereocenters. The molecule has 2 fully saturated rings. The minimum absolute atomic E-state index is 0.00723. The molecule has 1 aromatic carbocycles. The molecule has 1 aliphatic heterocycles. The first-order valence-corrected chi connectivity index (χ1v) is 10.9. The zero-order valence-corrected chi connectivity index (χ0v) is 18.6. The van der Waals surface area contributed by atoms with Gasteiger partial charge in [0.15, 0.2) is 0 Å². The Morgan fingerprint density at radius 2 is 1.71 bits per heavy atom. The molecule has 0 bridgehead atoms. The van der Waals surface area contributed by atoms with Crippen molar-refractivity contribution in [3.63, 3.8) is 0 Å². The van der Waals surface area contributed by atoms with E-state index in [0.717, 1.165) is 25.7 Å². The van der Waals surface area contributed by atoms with Gasteiger partial charge < -0.3 is 15.3 Å². The number of carbonyl (C=O) groups is 1. The number of benzene rings is 1. The smallest absolute Gasteiger partial charge is 0.322 e. The van der Waals surface area contributed by atoms with Crippen LogP contribution in [0.2, 0.25) is 0 Å². The Kier molecular flexibility index (Phi) is 5.85. The summed E-state index contributed by atoms with van der Waals surface area (Å²) in [5.74, 6) is 0.531. The van der Waals surface area contributed by atoms with E-state index < -0.39 is 0 Å². The zero-order chi connectivity index (χ0) is 22.1. The van der Waals surface area contributed by atoms with Crippen molar-refractivity contribution in [2.24, 2.45) is 0 Å². The van der Waals surface area contributed by atoms with Gasteiger partial charge in [0.25, 0.3) is 0 Å². The number of likely N-dealkylation sites (N-methyl/N-ethyl adjacent to an activating group) is 1. The predicted octanol–water partition coefficient (Wildman–Crippen LogP) is 2.20. The number of hydrogen-bond acceptors (Lipinski definition) is 6. The van der Waals surface area contributed by atoms with Crippen LogP contribution >= 0.6 is 0 Å². The molecule has 2 amide bonds. The van der Waals surface area contributed by atoms with Crippen molar-refractivity contribution in [1.82, 2.24) is 20.2 Å². The molecular weight excluding hydrogens is 392 g/mol. The van der Waals surface area contributed by atoms with Gasteiger partial charge in [-0.1, -0.05) is 30.3 Å². The van der Waals surface area contributed by atoms with Gasteiger partial charge in [0.2, 0.25) is 5.95 Å². The first-order chi connectivity index (χ1) is 14.9. The lowest BCUT2D eigenvalue weighted by Gasteiger charge is -2.48. The summed E-state index contributed by atoms with van der Waals surface area (Å²) in [5.41, 5.74) is 1.81. The standard InChI is InChI=1S/C23H32N6O2/c1-27(2)23(18-7-5-4-6-8-18)11-9-22(10-12-23)17-29(21(31)26-22)19-15-24-20(25-16-19)28(3)13-14-30/h4-8,15-16,30H,9-14,17H2,1-3H3,(H,26,31). The van der Waals surface area contributed by atoms with Crippen LogP contribution in [0, 0.1) is 0 Å². The molecule has 2 aromatic rings. The fourth-order valence-corrected chi connectivity index (χ4v) is 4.99.